The first kappa shape index (κ1) is 9.49. The molecule has 4 nitrogen and oxygen atoms in total. The predicted molar refractivity (Wildman–Crippen MR) is 49.4 cm³/mol. The lowest BCUT2D eigenvalue weighted by Crippen LogP contribution is -2.22. The van der Waals surface area contributed by atoms with Gasteiger partial charge in [-0.3, -0.25) is 9.59 Å². The van der Waals surface area contributed by atoms with Gasteiger partial charge in [-0.25, -0.2) is 0 Å². The summed E-state index contributed by atoms with van der Waals surface area (Å²) in [5.74, 6) is 0.00411. The third-order valence-corrected chi connectivity index (χ3v) is 3.43. The van der Waals surface area contributed by atoms with Gasteiger partial charge in [0.25, 0.3) is 0 Å². The largest absolute Gasteiger partial charge is 0.469 e. The van der Waals surface area contributed by atoms with Gasteiger partial charge in [-0.15, -0.1) is 0 Å². The maximum atomic E-state index is 11.3. The number of methoxy groups -OCH3 is 1. The van der Waals surface area contributed by atoms with E-state index in [0.717, 1.165) is 25.8 Å². The number of amides is 1. The molecule has 0 aromatic carbocycles. The van der Waals surface area contributed by atoms with Crippen LogP contribution in [0.5, 0.6) is 0 Å². The van der Waals surface area contributed by atoms with Crippen LogP contribution >= 0.6 is 0 Å². The lowest BCUT2D eigenvalue weighted by atomic mass is 9.84. The summed E-state index contributed by atoms with van der Waals surface area (Å²) in [4.78, 5) is 22.4. The first-order chi connectivity index (χ1) is 6.65. The zero-order valence-electron chi connectivity index (χ0n) is 8.34. The highest BCUT2D eigenvalue weighted by Gasteiger charge is 2.46. The van der Waals surface area contributed by atoms with Crippen molar-refractivity contribution in [3.8, 4) is 0 Å². The van der Waals surface area contributed by atoms with Crippen LogP contribution in [0.1, 0.15) is 25.7 Å². The van der Waals surface area contributed by atoms with E-state index in [1.54, 1.807) is 0 Å². The molecular formula is C10H15NO3. The number of carbonyl (C=O) groups excluding carboxylic acids is 2. The van der Waals surface area contributed by atoms with Crippen LogP contribution < -0.4 is 5.32 Å². The van der Waals surface area contributed by atoms with Crippen molar-refractivity contribution in [1.29, 1.82) is 0 Å². The summed E-state index contributed by atoms with van der Waals surface area (Å²) >= 11 is 0. The molecule has 0 bridgehead atoms. The zero-order valence-corrected chi connectivity index (χ0v) is 8.34. The summed E-state index contributed by atoms with van der Waals surface area (Å²) < 4.78 is 4.72. The minimum absolute atomic E-state index is 0.00713. The van der Waals surface area contributed by atoms with Gasteiger partial charge in [-0.1, -0.05) is 0 Å². The molecule has 2 atom stereocenters. The summed E-state index contributed by atoms with van der Waals surface area (Å²) in [5, 5.41) is 2.84. The van der Waals surface area contributed by atoms with E-state index in [1.165, 1.54) is 7.11 Å². The van der Waals surface area contributed by atoms with Gasteiger partial charge < -0.3 is 10.1 Å². The summed E-state index contributed by atoms with van der Waals surface area (Å²) in [6.07, 6.45) is 3.21. The van der Waals surface area contributed by atoms with Crippen LogP contribution in [0, 0.1) is 11.3 Å². The van der Waals surface area contributed by atoms with Crippen molar-refractivity contribution < 1.29 is 14.3 Å². The van der Waals surface area contributed by atoms with Crippen LogP contribution in [0.3, 0.4) is 0 Å². The molecule has 78 valence electrons. The van der Waals surface area contributed by atoms with Crippen molar-refractivity contribution in [3.63, 3.8) is 0 Å². The lowest BCUT2D eigenvalue weighted by molar-refractivity contribution is -0.145. The molecule has 14 heavy (non-hydrogen) atoms. The Hall–Kier alpha value is -1.06. The summed E-state index contributed by atoms with van der Waals surface area (Å²) in [6, 6.07) is 0. The van der Waals surface area contributed by atoms with Gasteiger partial charge in [0.1, 0.15) is 0 Å². The van der Waals surface area contributed by atoms with Crippen molar-refractivity contribution in [2.45, 2.75) is 25.7 Å². The number of rotatable bonds is 1. The Bertz CT molecular complexity index is 277. The van der Waals surface area contributed by atoms with Crippen molar-refractivity contribution in [3.05, 3.63) is 0 Å². The van der Waals surface area contributed by atoms with Gasteiger partial charge >= 0.3 is 5.97 Å². The standard InChI is InChI=1S/C10H15NO3/c1-14-9(13)7-2-3-10(4-7)5-8(12)11-6-10/h7H,2-6H2,1H3,(H,11,12). The van der Waals surface area contributed by atoms with E-state index in [4.69, 9.17) is 4.74 Å². The van der Waals surface area contributed by atoms with Gasteiger partial charge in [0, 0.05) is 13.0 Å². The van der Waals surface area contributed by atoms with Gasteiger partial charge in [0.2, 0.25) is 5.91 Å². The normalized spacial score (nSPS) is 36.1. The first-order valence-electron chi connectivity index (χ1n) is 5.00. The van der Waals surface area contributed by atoms with Crippen LogP contribution in [-0.2, 0) is 14.3 Å². The molecule has 1 saturated carbocycles. The Labute approximate surface area is 83.0 Å². The highest BCUT2D eigenvalue weighted by atomic mass is 16.5. The molecular weight excluding hydrogens is 182 g/mol. The molecule has 1 N–H and O–H groups in total. The number of hydrogen-bond acceptors (Lipinski definition) is 3. The van der Waals surface area contributed by atoms with Crippen LogP contribution in [0.15, 0.2) is 0 Å². The fourth-order valence-electron chi connectivity index (χ4n) is 2.65. The second kappa shape index (κ2) is 3.26. The fourth-order valence-corrected chi connectivity index (χ4v) is 2.65. The highest BCUT2D eigenvalue weighted by molar-refractivity contribution is 5.80. The molecule has 1 spiro atoms. The van der Waals surface area contributed by atoms with Gasteiger partial charge in [-0.2, -0.15) is 0 Å². The van der Waals surface area contributed by atoms with E-state index >= 15 is 0 Å². The van der Waals surface area contributed by atoms with Crippen LogP contribution in [-0.4, -0.2) is 25.5 Å². The Morgan fingerprint density at radius 3 is 3.00 bits per heavy atom. The molecule has 0 aromatic rings. The van der Waals surface area contributed by atoms with Gasteiger partial charge in [-0.05, 0) is 24.7 Å². The molecule has 1 saturated heterocycles. The number of carbonyl (C=O) groups is 2. The Morgan fingerprint density at radius 2 is 2.43 bits per heavy atom. The average molecular weight is 197 g/mol. The molecule has 0 radical (unpaired) electrons. The molecule has 1 heterocycles. The number of ether oxygens (including phenoxy) is 1. The van der Waals surface area contributed by atoms with E-state index in [1.807, 2.05) is 0 Å². The third-order valence-electron chi connectivity index (χ3n) is 3.43. The number of hydrogen-bond donors (Lipinski definition) is 1. The molecule has 2 fully saturated rings. The second-order valence-corrected chi connectivity index (χ2v) is 4.42. The van der Waals surface area contributed by atoms with Crippen molar-refractivity contribution in [2.75, 3.05) is 13.7 Å². The van der Waals surface area contributed by atoms with Crippen molar-refractivity contribution in [2.24, 2.45) is 11.3 Å². The SMILES string of the molecule is COC(=O)C1CCC2(CNC(=O)C2)C1. The third kappa shape index (κ3) is 1.49. The van der Waals surface area contributed by atoms with Gasteiger partial charge in [0.05, 0.1) is 13.0 Å². The van der Waals surface area contributed by atoms with Crippen LogP contribution in [0.25, 0.3) is 0 Å². The topological polar surface area (TPSA) is 55.4 Å². The molecule has 2 aliphatic rings. The molecule has 2 unspecified atom stereocenters. The molecule has 1 aliphatic heterocycles. The van der Waals surface area contributed by atoms with Crippen molar-refractivity contribution >= 4 is 11.9 Å². The molecule has 1 amide bonds. The number of esters is 1. The molecule has 0 aromatic heterocycles. The second-order valence-electron chi connectivity index (χ2n) is 4.42. The Balaban J connectivity index is 2.00. The molecule has 2 rings (SSSR count). The Kier molecular flexibility index (Phi) is 2.21. The van der Waals surface area contributed by atoms with E-state index < -0.39 is 0 Å². The van der Waals surface area contributed by atoms with E-state index in [2.05, 4.69) is 5.32 Å². The smallest absolute Gasteiger partial charge is 0.308 e. The minimum atomic E-state index is -0.124. The first-order valence-corrected chi connectivity index (χ1v) is 5.00. The minimum Gasteiger partial charge on any atom is -0.469 e. The molecule has 1 aliphatic carbocycles. The Morgan fingerprint density at radius 1 is 1.64 bits per heavy atom. The maximum Gasteiger partial charge on any atom is 0.308 e. The van der Waals surface area contributed by atoms with E-state index in [0.29, 0.717) is 6.42 Å². The summed E-state index contributed by atoms with van der Waals surface area (Å²) in [6.45, 7) is 0.735. The van der Waals surface area contributed by atoms with Crippen LogP contribution in [0.4, 0.5) is 0 Å². The predicted octanol–water partition coefficient (Wildman–Crippen LogP) is 0.466. The summed E-state index contributed by atoms with van der Waals surface area (Å²) in [7, 11) is 1.42. The van der Waals surface area contributed by atoms with Gasteiger partial charge in [0.15, 0.2) is 0 Å². The monoisotopic (exact) mass is 197 g/mol. The maximum absolute atomic E-state index is 11.3. The van der Waals surface area contributed by atoms with Crippen LogP contribution in [0.2, 0.25) is 0 Å². The number of nitrogens with one attached hydrogen (secondary N) is 1. The molecule has 4 heteroatoms. The average Bonchev–Trinajstić information content (AvgIpc) is 2.74. The summed E-state index contributed by atoms with van der Waals surface area (Å²) in [5.41, 5.74) is 0.0515. The lowest BCUT2D eigenvalue weighted by Gasteiger charge is -2.19. The fraction of sp³-hybridized carbons (Fsp3) is 0.800. The van der Waals surface area contributed by atoms with E-state index in [9.17, 15) is 9.59 Å². The quantitative estimate of drug-likeness (QED) is 0.621. The van der Waals surface area contributed by atoms with Crippen molar-refractivity contribution in [1.82, 2.24) is 5.32 Å². The van der Waals surface area contributed by atoms with E-state index in [-0.39, 0.29) is 23.2 Å². The highest BCUT2D eigenvalue weighted by Crippen LogP contribution is 2.46. The zero-order chi connectivity index (χ0) is 10.2.